The molecule has 96 valence electrons. The monoisotopic (exact) mass is 248 g/mol. The van der Waals surface area contributed by atoms with Gasteiger partial charge >= 0.3 is 0 Å². The maximum Gasteiger partial charge on any atom is 0.298 e. The molecule has 0 unspecified atom stereocenters. The summed E-state index contributed by atoms with van der Waals surface area (Å²) >= 11 is 0. The molecule has 1 atom stereocenters. The summed E-state index contributed by atoms with van der Waals surface area (Å²) in [4.78, 5) is 16.4. The van der Waals surface area contributed by atoms with Crippen molar-refractivity contribution in [3.8, 4) is 0 Å². The van der Waals surface area contributed by atoms with E-state index in [-0.39, 0.29) is 6.04 Å². The minimum atomic E-state index is 0.276. The van der Waals surface area contributed by atoms with Crippen molar-refractivity contribution < 1.29 is 14.2 Å². The SMILES string of the molecule is COOC[C@H]1CCCN1c1nc2ccccc2o1. The Balaban J connectivity index is 1.84. The van der Waals surface area contributed by atoms with E-state index in [1.807, 2.05) is 24.3 Å². The van der Waals surface area contributed by atoms with Crippen LogP contribution in [0.1, 0.15) is 12.8 Å². The molecule has 0 saturated carbocycles. The fourth-order valence-electron chi connectivity index (χ4n) is 2.39. The Kier molecular flexibility index (Phi) is 3.17. The maximum atomic E-state index is 5.78. The molecule has 18 heavy (non-hydrogen) atoms. The van der Waals surface area contributed by atoms with Crippen molar-refractivity contribution in [3.63, 3.8) is 0 Å². The van der Waals surface area contributed by atoms with Crippen LogP contribution in [0, 0.1) is 0 Å². The highest BCUT2D eigenvalue weighted by molar-refractivity contribution is 5.74. The Labute approximate surface area is 105 Å². The van der Waals surface area contributed by atoms with Crippen LogP contribution in [0.2, 0.25) is 0 Å². The van der Waals surface area contributed by atoms with Crippen LogP contribution >= 0.6 is 0 Å². The van der Waals surface area contributed by atoms with Crippen LogP contribution in [0.3, 0.4) is 0 Å². The second kappa shape index (κ2) is 4.96. The van der Waals surface area contributed by atoms with Gasteiger partial charge in [0, 0.05) is 6.54 Å². The highest BCUT2D eigenvalue weighted by atomic mass is 17.2. The van der Waals surface area contributed by atoms with Gasteiger partial charge in [-0.05, 0) is 25.0 Å². The van der Waals surface area contributed by atoms with Gasteiger partial charge < -0.3 is 9.32 Å². The van der Waals surface area contributed by atoms with Gasteiger partial charge in [0.1, 0.15) is 12.1 Å². The number of rotatable bonds is 4. The smallest absolute Gasteiger partial charge is 0.298 e. The van der Waals surface area contributed by atoms with Crippen molar-refractivity contribution >= 4 is 17.1 Å². The van der Waals surface area contributed by atoms with E-state index in [4.69, 9.17) is 9.30 Å². The van der Waals surface area contributed by atoms with E-state index in [1.54, 1.807) is 0 Å². The zero-order valence-corrected chi connectivity index (χ0v) is 10.3. The molecule has 1 aromatic heterocycles. The number of benzene rings is 1. The highest BCUT2D eigenvalue weighted by Gasteiger charge is 2.28. The Hall–Kier alpha value is -1.59. The summed E-state index contributed by atoms with van der Waals surface area (Å²) in [5, 5.41) is 0. The number of hydrogen-bond acceptors (Lipinski definition) is 5. The summed E-state index contributed by atoms with van der Waals surface area (Å²) < 4.78 is 5.78. The lowest BCUT2D eigenvalue weighted by Crippen LogP contribution is -2.33. The molecule has 2 aromatic rings. The minimum Gasteiger partial charge on any atom is -0.423 e. The summed E-state index contributed by atoms with van der Waals surface area (Å²) in [7, 11) is 1.53. The van der Waals surface area contributed by atoms with E-state index in [2.05, 4.69) is 14.8 Å². The van der Waals surface area contributed by atoms with Gasteiger partial charge in [-0.25, -0.2) is 9.78 Å². The summed E-state index contributed by atoms with van der Waals surface area (Å²) in [6, 6.07) is 8.76. The van der Waals surface area contributed by atoms with Crippen LogP contribution in [0.4, 0.5) is 6.01 Å². The third kappa shape index (κ3) is 2.07. The molecule has 1 aromatic carbocycles. The van der Waals surface area contributed by atoms with Crippen molar-refractivity contribution in [2.75, 3.05) is 25.2 Å². The van der Waals surface area contributed by atoms with Gasteiger partial charge in [-0.15, -0.1) is 0 Å². The van der Waals surface area contributed by atoms with E-state index in [0.29, 0.717) is 12.6 Å². The van der Waals surface area contributed by atoms with Crippen LogP contribution in [-0.2, 0) is 9.78 Å². The molecule has 0 aliphatic carbocycles. The summed E-state index contributed by atoms with van der Waals surface area (Å²) in [5.74, 6) is 0. The summed E-state index contributed by atoms with van der Waals surface area (Å²) in [6.45, 7) is 1.49. The molecule has 1 aliphatic heterocycles. The van der Waals surface area contributed by atoms with Crippen LogP contribution < -0.4 is 4.90 Å². The second-order valence-electron chi connectivity index (χ2n) is 4.40. The molecule has 0 amide bonds. The number of aromatic nitrogens is 1. The standard InChI is InChI=1S/C13H16N2O3/c1-16-17-9-10-5-4-8-15(10)13-14-11-6-2-3-7-12(11)18-13/h2-3,6-7,10H,4-5,8-9H2,1H3/t10-/m1/s1. The van der Waals surface area contributed by atoms with Crippen molar-refractivity contribution in [2.24, 2.45) is 0 Å². The molecule has 1 saturated heterocycles. The molecule has 0 spiro atoms. The van der Waals surface area contributed by atoms with Gasteiger partial charge in [0.2, 0.25) is 0 Å². The van der Waals surface area contributed by atoms with Gasteiger partial charge in [0.15, 0.2) is 5.58 Å². The largest absolute Gasteiger partial charge is 0.423 e. The Morgan fingerprint density at radius 3 is 3.17 bits per heavy atom. The molecule has 3 rings (SSSR count). The zero-order valence-electron chi connectivity index (χ0n) is 10.3. The predicted molar refractivity (Wildman–Crippen MR) is 67.3 cm³/mol. The van der Waals surface area contributed by atoms with Crippen molar-refractivity contribution in [1.29, 1.82) is 0 Å². The lowest BCUT2D eigenvalue weighted by Gasteiger charge is -2.21. The predicted octanol–water partition coefficient (Wildman–Crippen LogP) is 2.37. The van der Waals surface area contributed by atoms with Crippen molar-refractivity contribution in [3.05, 3.63) is 24.3 Å². The summed E-state index contributed by atoms with van der Waals surface area (Å²) in [6.07, 6.45) is 2.19. The molecule has 2 heterocycles. The van der Waals surface area contributed by atoms with E-state index in [9.17, 15) is 0 Å². The molecule has 0 radical (unpaired) electrons. The first-order valence-corrected chi connectivity index (χ1v) is 6.16. The molecule has 5 nitrogen and oxygen atoms in total. The second-order valence-corrected chi connectivity index (χ2v) is 4.40. The fraction of sp³-hybridized carbons (Fsp3) is 0.462. The third-order valence-electron chi connectivity index (χ3n) is 3.28. The van der Waals surface area contributed by atoms with Gasteiger partial charge in [-0.3, -0.25) is 0 Å². The van der Waals surface area contributed by atoms with Gasteiger partial charge in [-0.2, -0.15) is 4.98 Å². The fourth-order valence-corrected chi connectivity index (χ4v) is 2.39. The van der Waals surface area contributed by atoms with E-state index < -0.39 is 0 Å². The number of hydrogen-bond donors (Lipinski definition) is 0. The molecular weight excluding hydrogens is 232 g/mol. The van der Waals surface area contributed by atoms with E-state index in [1.165, 1.54) is 7.11 Å². The first kappa shape index (κ1) is 11.5. The quantitative estimate of drug-likeness (QED) is 0.614. The highest BCUT2D eigenvalue weighted by Crippen LogP contribution is 2.28. The van der Waals surface area contributed by atoms with Gasteiger partial charge in [-0.1, -0.05) is 12.1 Å². The summed E-state index contributed by atoms with van der Waals surface area (Å²) in [5.41, 5.74) is 1.72. The zero-order chi connectivity index (χ0) is 12.4. The number of para-hydroxylation sites is 2. The molecule has 0 bridgehead atoms. The molecule has 1 fully saturated rings. The Morgan fingerprint density at radius 1 is 1.44 bits per heavy atom. The normalized spacial score (nSPS) is 19.8. The average molecular weight is 248 g/mol. The van der Waals surface area contributed by atoms with Crippen LogP contribution in [0.5, 0.6) is 0 Å². The van der Waals surface area contributed by atoms with Crippen molar-refractivity contribution in [1.82, 2.24) is 4.98 Å². The number of oxazole rings is 1. The molecule has 5 heteroatoms. The molecule has 0 N–H and O–H groups in total. The minimum absolute atomic E-state index is 0.276. The molecule has 1 aliphatic rings. The topological polar surface area (TPSA) is 47.7 Å². The Bertz CT molecular complexity index is 493. The third-order valence-corrected chi connectivity index (χ3v) is 3.28. The Morgan fingerprint density at radius 2 is 2.33 bits per heavy atom. The maximum absolute atomic E-state index is 5.78. The molecular formula is C13H16N2O3. The first-order chi connectivity index (χ1) is 8.88. The number of anilines is 1. The van der Waals surface area contributed by atoms with Gasteiger partial charge in [0.25, 0.3) is 6.01 Å². The first-order valence-electron chi connectivity index (χ1n) is 6.16. The lowest BCUT2D eigenvalue weighted by molar-refractivity contribution is -0.274. The number of fused-ring (bicyclic) bond motifs is 1. The van der Waals surface area contributed by atoms with Crippen molar-refractivity contribution in [2.45, 2.75) is 18.9 Å². The number of nitrogens with zero attached hydrogens (tertiary/aromatic N) is 2. The lowest BCUT2D eigenvalue weighted by atomic mass is 10.2. The van der Waals surface area contributed by atoms with E-state index in [0.717, 1.165) is 30.5 Å². The van der Waals surface area contributed by atoms with Crippen LogP contribution in [0.15, 0.2) is 28.7 Å². The van der Waals surface area contributed by atoms with Crippen LogP contribution in [-0.4, -0.2) is 31.3 Å². The van der Waals surface area contributed by atoms with Crippen LogP contribution in [0.25, 0.3) is 11.1 Å². The average Bonchev–Trinajstić information content (AvgIpc) is 3.01. The van der Waals surface area contributed by atoms with Gasteiger partial charge in [0.05, 0.1) is 13.2 Å². The van der Waals surface area contributed by atoms with E-state index >= 15 is 0 Å².